The van der Waals surface area contributed by atoms with Gasteiger partial charge in [0.05, 0.1) is 18.9 Å². The van der Waals surface area contributed by atoms with E-state index in [1.54, 1.807) is 39.8 Å². The SMILES string of the molecule is COc1ccnc(C(=O)N[C@H]2COC(=O)C(Cc3ccccc3)[C@@H](OC(=O)C(C)C)C(C)OC2=O)c1OCOC(=O)C(C)C. The summed E-state index contributed by atoms with van der Waals surface area (Å²) in [5.41, 5.74) is 0.487. The largest absolute Gasteiger partial charge is 0.493 e. The Morgan fingerprint density at radius 2 is 1.68 bits per heavy atom. The molecule has 2 aromatic rings. The second-order valence-corrected chi connectivity index (χ2v) is 10.7. The molecule has 1 aliphatic rings. The summed E-state index contributed by atoms with van der Waals surface area (Å²) in [6, 6.07) is 9.03. The van der Waals surface area contributed by atoms with E-state index < -0.39 is 79.2 Å². The van der Waals surface area contributed by atoms with Crippen molar-refractivity contribution < 1.29 is 52.4 Å². The molecule has 1 saturated heterocycles. The second-order valence-electron chi connectivity index (χ2n) is 10.7. The zero-order chi connectivity index (χ0) is 32.4. The Bertz CT molecular complexity index is 1330. The first kappa shape index (κ1) is 33.8. The Hall–Kier alpha value is -4.68. The first-order chi connectivity index (χ1) is 20.9. The van der Waals surface area contributed by atoms with Crippen LogP contribution in [0.5, 0.6) is 11.5 Å². The highest BCUT2D eigenvalue weighted by molar-refractivity contribution is 5.98. The van der Waals surface area contributed by atoms with Crippen molar-refractivity contribution in [1.82, 2.24) is 10.3 Å². The van der Waals surface area contributed by atoms with Gasteiger partial charge >= 0.3 is 23.9 Å². The number of cyclic esters (lactones) is 2. The van der Waals surface area contributed by atoms with Gasteiger partial charge in [-0.1, -0.05) is 58.0 Å². The van der Waals surface area contributed by atoms with Gasteiger partial charge in [-0.25, -0.2) is 9.78 Å². The van der Waals surface area contributed by atoms with Gasteiger partial charge in [0.25, 0.3) is 5.91 Å². The lowest BCUT2D eigenvalue weighted by Gasteiger charge is -2.29. The van der Waals surface area contributed by atoms with Crippen molar-refractivity contribution in [2.45, 2.75) is 59.3 Å². The fourth-order valence-corrected chi connectivity index (χ4v) is 4.18. The zero-order valence-corrected chi connectivity index (χ0v) is 25.6. The van der Waals surface area contributed by atoms with Crippen LogP contribution in [0, 0.1) is 17.8 Å². The number of carbonyl (C=O) groups is 5. The molecule has 13 nitrogen and oxygen atoms in total. The van der Waals surface area contributed by atoms with E-state index in [9.17, 15) is 24.0 Å². The Kier molecular flexibility index (Phi) is 12.1. The highest BCUT2D eigenvalue weighted by atomic mass is 16.7. The number of esters is 4. The fraction of sp³-hybridized carbons (Fsp3) is 0.484. The smallest absolute Gasteiger partial charge is 0.332 e. The summed E-state index contributed by atoms with van der Waals surface area (Å²) >= 11 is 0. The van der Waals surface area contributed by atoms with Crippen LogP contribution in [0.4, 0.5) is 0 Å². The molecule has 3 rings (SSSR count). The summed E-state index contributed by atoms with van der Waals surface area (Å²) in [4.78, 5) is 68.5. The maximum Gasteiger partial charge on any atom is 0.332 e. The Balaban J connectivity index is 1.85. The molecule has 13 heteroatoms. The van der Waals surface area contributed by atoms with E-state index in [-0.39, 0.29) is 23.6 Å². The molecule has 2 heterocycles. The molecule has 0 radical (unpaired) electrons. The summed E-state index contributed by atoms with van der Waals surface area (Å²) in [6.07, 6.45) is -0.811. The van der Waals surface area contributed by atoms with Crippen LogP contribution in [-0.4, -0.2) is 73.5 Å². The number of carbonyl (C=O) groups excluding carboxylic acids is 5. The fourth-order valence-electron chi connectivity index (χ4n) is 4.18. The van der Waals surface area contributed by atoms with Gasteiger partial charge in [0.1, 0.15) is 18.6 Å². The molecule has 1 aromatic carbocycles. The summed E-state index contributed by atoms with van der Waals surface area (Å²) in [6.45, 7) is 6.98. The lowest BCUT2D eigenvalue weighted by molar-refractivity contribution is -0.176. The first-order valence-corrected chi connectivity index (χ1v) is 14.2. The summed E-state index contributed by atoms with van der Waals surface area (Å²) in [5, 5.41) is 2.46. The van der Waals surface area contributed by atoms with Gasteiger partial charge in [0, 0.05) is 12.3 Å². The lowest BCUT2D eigenvalue weighted by atomic mass is 9.91. The number of amides is 1. The number of benzene rings is 1. The van der Waals surface area contributed by atoms with Crippen LogP contribution in [0.15, 0.2) is 42.6 Å². The molecule has 1 N–H and O–H groups in total. The van der Waals surface area contributed by atoms with Gasteiger partial charge in [0.15, 0.2) is 29.3 Å². The van der Waals surface area contributed by atoms with Crippen molar-refractivity contribution in [1.29, 1.82) is 0 Å². The van der Waals surface area contributed by atoms with Crippen LogP contribution in [0.1, 0.15) is 50.7 Å². The third-order valence-corrected chi connectivity index (χ3v) is 6.65. The van der Waals surface area contributed by atoms with E-state index >= 15 is 0 Å². The van der Waals surface area contributed by atoms with Gasteiger partial charge in [0.2, 0.25) is 6.79 Å². The Morgan fingerprint density at radius 3 is 2.32 bits per heavy atom. The third kappa shape index (κ3) is 8.91. The van der Waals surface area contributed by atoms with Crippen molar-refractivity contribution in [2.75, 3.05) is 20.5 Å². The van der Waals surface area contributed by atoms with Gasteiger partial charge < -0.3 is 33.7 Å². The molecule has 0 bridgehead atoms. The van der Waals surface area contributed by atoms with Crippen LogP contribution < -0.4 is 14.8 Å². The number of pyridine rings is 1. The van der Waals surface area contributed by atoms with E-state index in [1.165, 1.54) is 26.3 Å². The van der Waals surface area contributed by atoms with Crippen LogP contribution in [0.3, 0.4) is 0 Å². The highest BCUT2D eigenvalue weighted by Crippen LogP contribution is 2.30. The van der Waals surface area contributed by atoms with Crippen molar-refractivity contribution in [3.8, 4) is 11.5 Å². The van der Waals surface area contributed by atoms with Crippen molar-refractivity contribution in [3.05, 3.63) is 53.9 Å². The molecular formula is C31H38N2O11. The number of rotatable bonds is 11. The second kappa shape index (κ2) is 15.7. The highest BCUT2D eigenvalue weighted by Gasteiger charge is 2.42. The zero-order valence-electron chi connectivity index (χ0n) is 25.6. The van der Waals surface area contributed by atoms with E-state index in [1.807, 2.05) is 18.2 Å². The van der Waals surface area contributed by atoms with Crippen molar-refractivity contribution in [2.24, 2.45) is 17.8 Å². The summed E-state index contributed by atoms with van der Waals surface area (Å²) in [7, 11) is 1.34. The molecule has 238 valence electrons. The first-order valence-electron chi connectivity index (χ1n) is 14.2. The molecule has 1 amide bonds. The molecule has 1 aliphatic heterocycles. The van der Waals surface area contributed by atoms with Crippen LogP contribution in [0.2, 0.25) is 0 Å². The topological polar surface area (TPSA) is 166 Å². The van der Waals surface area contributed by atoms with E-state index in [0.29, 0.717) is 0 Å². The average molecular weight is 615 g/mol. The quantitative estimate of drug-likeness (QED) is 0.224. The van der Waals surface area contributed by atoms with Crippen LogP contribution in [-0.2, 0) is 44.5 Å². The maximum atomic E-state index is 13.4. The summed E-state index contributed by atoms with van der Waals surface area (Å²) < 4.78 is 32.6. The summed E-state index contributed by atoms with van der Waals surface area (Å²) in [5.74, 6) is -5.61. The number of ether oxygens (including phenoxy) is 6. The van der Waals surface area contributed by atoms with Crippen molar-refractivity contribution >= 4 is 29.8 Å². The molecule has 0 saturated carbocycles. The van der Waals surface area contributed by atoms with Gasteiger partial charge in [-0.3, -0.25) is 19.2 Å². The predicted octanol–water partition coefficient (Wildman–Crippen LogP) is 2.64. The Morgan fingerprint density at radius 1 is 1.00 bits per heavy atom. The average Bonchev–Trinajstić information content (AvgIpc) is 3.03. The van der Waals surface area contributed by atoms with Crippen molar-refractivity contribution in [3.63, 3.8) is 0 Å². The minimum Gasteiger partial charge on any atom is -0.493 e. The molecule has 0 aliphatic carbocycles. The standard InChI is InChI=1S/C31H38N2O11/c1-17(2)28(35)42-16-41-26-23(39-6)12-13-32-24(26)27(34)33-22-15-40-30(37)21(14-20-10-8-7-9-11-20)25(19(5)43-31(22)38)44-29(36)18(3)4/h7-13,17-19,21-22,25H,14-16H2,1-6H3,(H,33,34)/t19?,21?,22-,25-/m0/s1. The van der Waals surface area contributed by atoms with Gasteiger partial charge in [-0.2, -0.15) is 0 Å². The predicted molar refractivity (Wildman–Crippen MR) is 153 cm³/mol. The number of aromatic nitrogens is 1. The minimum atomic E-state index is -1.45. The lowest BCUT2D eigenvalue weighted by Crippen LogP contribution is -2.47. The molecule has 2 unspecified atom stereocenters. The van der Waals surface area contributed by atoms with Crippen LogP contribution >= 0.6 is 0 Å². The van der Waals surface area contributed by atoms with Gasteiger partial charge in [-0.15, -0.1) is 0 Å². The minimum absolute atomic E-state index is 0.112. The number of hydrogen-bond acceptors (Lipinski definition) is 12. The molecule has 1 fully saturated rings. The third-order valence-electron chi connectivity index (χ3n) is 6.65. The molecule has 44 heavy (non-hydrogen) atoms. The molecular weight excluding hydrogens is 576 g/mol. The number of nitrogens with zero attached hydrogens (tertiary/aromatic N) is 1. The van der Waals surface area contributed by atoms with E-state index in [0.717, 1.165) is 5.56 Å². The Labute approximate surface area is 255 Å². The normalized spacial score (nSPS) is 20.4. The maximum absolute atomic E-state index is 13.4. The molecule has 4 atom stereocenters. The van der Waals surface area contributed by atoms with Crippen LogP contribution in [0.25, 0.3) is 0 Å². The number of hydrogen-bond donors (Lipinski definition) is 1. The number of methoxy groups -OCH3 is 1. The van der Waals surface area contributed by atoms with E-state index in [2.05, 4.69) is 10.3 Å². The molecule has 0 spiro atoms. The van der Waals surface area contributed by atoms with E-state index in [4.69, 9.17) is 28.4 Å². The monoisotopic (exact) mass is 614 g/mol. The van der Waals surface area contributed by atoms with Gasteiger partial charge in [-0.05, 0) is 18.9 Å². The number of nitrogens with one attached hydrogen (secondary N) is 1. The molecule has 1 aromatic heterocycles.